The molecule has 0 amide bonds. The van der Waals surface area contributed by atoms with E-state index in [2.05, 4.69) is 4.52 Å². The second kappa shape index (κ2) is 7.99. The fraction of sp³-hybridized carbons (Fsp3) is 1.00. The van der Waals surface area contributed by atoms with E-state index in [9.17, 15) is 19.1 Å². The number of hydrogen-bond acceptors (Lipinski definition) is 8. The van der Waals surface area contributed by atoms with E-state index < -0.39 is 46.7 Å². The molecule has 0 spiro atoms. The predicted molar refractivity (Wildman–Crippen MR) is 73.4 cm³/mol. The molecule has 2 fully saturated rings. The maximum atomic E-state index is 11.9. The van der Waals surface area contributed by atoms with E-state index in [0.29, 0.717) is 13.0 Å². The molecule has 2 aliphatic rings. The Hall–Kier alpha value is 0.1000. The Balaban J connectivity index is 1.81. The summed E-state index contributed by atoms with van der Waals surface area (Å²) in [5, 5.41) is 9.53. The molecule has 23 heavy (non-hydrogen) atoms. The van der Waals surface area contributed by atoms with Gasteiger partial charge < -0.3 is 29.3 Å². The van der Waals surface area contributed by atoms with Crippen molar-refractivity contribution in [3.8, 4) is 0 Å². The lowest BCUT2D eigenvalue weighted by Gasteiger charge is -2.22. The maximum absolute atomic E-state index is 11.9. The fourth-order valence-electron chi connectivity index (χ4n) is 2.24. The van der Waals surface area contributed by atoms with Gasteiger partial charge in [0, 0.05) is 19.6 Å². The van der Waals surface area contributed by atoms with Crippen molar-refractivity contribution in [1.29, 1.82) is 0 Å². The summed E-state index contributed by atoms with van der Waals surface area (Å²) in [5.74, 6) is 0. The number of aliphatic hydroxyl groups excluding tert-OH is 1. The quantitative estimate of drug-likeness (QED) is 0.404. The van der Waals surface area contributed by atoms with Crippen LogP contribution in [-0.2, 0) is 32.2 Å². The normalized spacial score (nSPS) is 34.6. The molecular formula is C10H20O11P2. The lowest BCUT2D eigenvalue weighted by atomic mass is 10.2. The molecule has 5 atom stereocenters. The predicted octanol–water partition coefficient (Wildman–Crippen LogP) is -0.463. The van der Waals surface area contributed by atoms with Gasteiger partial charge in [-0.1, -0.05) is 0 Å². The van der Waals surface area contributed by atoms with Gasteiger partial charge >= 0.3 is 15.6 Å². The van der Waals surface area contributed by atoms with Crippen LogP contribution in [0.25, 0.3) is 0 Å². The van der Waals surface area contributed by atoms with E-state index in [-0.39, 0.29) is 19.6 Å². The Morgan fingerprint density at radius 3 is 2.17 bits per heavy atom. The summed E-state index contributed by atoms with van der Waals surface area (Å²) in [6.07, 6.45) is -2.62. The first-order valence-electron chi connectivity index (χ1n) is 6.93. The van der Waals surface area contributed by atoms with Gasteiger partial charge in [0.05, 0.1) is 19.3 Å². The Morgan fingerprint density at radius 2 is 1.57 bits per heavy atom. The Morgan fingerprint density at radius 1 is 0.957 bits per heavy atom. The summed E-state index contributed by atoms with van der Waals surface area (Å²) in [6, 6.07) is 0. The molecule has 0 radical (unpaired) electrons. The van der Waals surface area contributed by atoms with Gasteiger partial charge in [-0.25, -0.2) is 9.13 Å². The van der Waals surface area contributed by atoms with Gasteiger partial charge in [-0.2, -0.15) is 0 Å². The topological polar surface area (TPSA) is 161 Å². The lowest BCUT2D eigenvalue weighted by molar-refractivity contribution is -0.0188. The summed E-state index contributed by atoms with van der Waals surface area (Å²) in [6.45, 7) is -0.278. The molecule has 2 heterocycles. The highest BCUT2D eigenvalue weighted by atomic mass is 31.2. The van der Waals surface area contributed by atoms with Crippen LogP contribution in [0.3, 0.4) is 0 Å². The fourth-order valence-corrected chi connectivity index (χ4v) is 3.56. The average molecular weight is 378 g/mol. The van der Waals surface area contributed by atoms with Crippen molar-refractivity contribution in [1.82, 2.24) is 0 Å². The molecule has 2 rings (SSSR count). The van der Waals surface area contributed by atoms with Gasteiger partial charge in [-0.3, -0.25) is 13.6 Å². The molecule has 11 nitrogen and oxygen atoms in total. The minimum absolute atomic E-state index is 0.185. The van der Waals surface area contributed by atoms with Crippen LogP contribution in [0.1, 0.15) is 12.8 Å². The molecule has 2 aliphatic heterocycles. The molecule has 0 aromatic carbocycles. The van der Waals surface area contributed by atoms with Crippen molar-refractivity contribution < 1.29 is 52.0 Å². The van der Waals surface area contributed by atoms with Gasteiger partial charge in [0.25, 0.3) is 0 Å². The molecule has 136 valence electrons. The minimum atomic E-state index is -4.67. The Kier molecular flexibility index (Phi) is 6.74. The second-order valence-corrected chi connectivity index (χ2v) is 7.80. The van der Waals surface area contributed by atoms with Crippen LogP contribution in [0.15, 0.2) is 0 Å². The third-order valence-electron chi connectivity index (χ3n) is 3.40. The summed E-state index contributed by atoms with van der Waals surface area (Å²) in [7, 11) is -9.12. The maximum Gasteiger partial charge on any atom is 0.472 e. The number of rotatable bonds is 8. The number of phosphoric ester groups is 2. The molecule has 0 aromatic rings. The Bertz CT molecular complexity index is 479. The van der Waals surface area contributed by atoms with Crippen molar-refractivity contribution in [2.75, 3.05) is 26.4 Å². The van der Waals surface area contributed by atoms with Gasteiger partial charge in [0.15, 0.2) is 0 Å². The summed E-state index contributed by atoms with van der Waals surface area (Å²) >= 11 is 0. The van der Waals surface area contributed by atoms with Crippen molar-refractivity contribution in [3.05, 3.63) is 0 Å². The standard InChI is InChI=1S/C10H20O11P2/c11-7-1-3-17-9(7)5-20-23(15,16)21-8-2-4-18-10(8)6-19-22(12,13)14/h7-11H,1-6H2,(H,15,16)(H2,12,13,14)/t7-,8-,9+,10+/m0/s1. The van der Waals surface area contributed by atoms with E-state index in [1.54, 1.807) is 0 Å². The summed E-state index contributed by atoms with van der Waals surface area (Å²) in [5.41, 5.74) is 0. The first-order chi connectivity index (χ1) is 10.7. The van der Waals surface area contributed by atoms with E-state index >= 15 is 0 Å². The van der Waals surface area contributed by atoms with Crippen molar-refractivity contribution >= 4 is 15.6 Å². The van der Waals surface area contributed by atoms with E-state index in [4.69, 9.17) is 28.3 Å². The van der Waals surface area contributed by atoms with Crippen LogP contribution >= 0.6 is 15.6 Å². The zero-order chi connectivity index (χ0) is 17.1. The van der Waals surface area contributed by atoms with Crippen LogP contribution in [0.5, 0.6) is 0 Å². The van der Waals surface area contributed by atoms with Crippen molar-refractivity contribution in [2.24, 2.45) is 0 Å². The van der Waals surface area contributed by atoms with Gasteiger partial charge in [0.2, 0.25) is 0 Å². The molecule has 0 saturated carbocycles. The highest BCUT2D eigenvalue weighted by Gasteiger charge is 2.38. The first-order valence-corrected chi connectivity index (χ1v) is 9.96. The SMILES string of the molecule is O=P(O)(O)OC[C@H]1OCC[C@@H]1OP(=O)(O)OC[C@H]1OCC[C@@H]1O. The van der Waals surface area contributed by atoms with E-state index in [0.717, 1.165) is 0 Å². The van der Waals surface area contributed by atoms with Gasteiger partial charge in [-0.05, 0) is 6.42 Å². The van der Waals surface area contributed by atoms with Gasteiger partial charge in [-0.15, -0.1) is 0 Å². The van der Waals surface area contributed by atoms with Crippen molar-refractivity contribution in [2.45, 2.75) is 37.3 Å². The van der Waals surface area contributed by atoms with Crippen molar-refractivity contribution in [3.63, 3.8) is 0 Å². The smallest absolute Gasteiger partial charge is 0.390 e. The van der Waals surface area contributed by atoms with Crippen LogP contribution in [-0.4, -0.2) is 70.6 Å². The number of aliphatic hydroxyl groups is 1. The van der Waals surface area contributed by atoms with Crippen LogP contribution < -0.4 is 0 Å². The van der Waals surface area contributed by atoms with Crippen LogP contribution in [0.2, 0.25) is 0 Å². The first kappa shape index (κ1) is 19.4. The highest BCUT2D eigenvalue weighted by Crippen LogP contribution is 2.47. The number of phosphoric acid groups is 2. The highest BCUT2D eigenvalue weighted by molar-refractivity contribution is 7.47. The molecule has 1 unspecified atom stereocenters. The third-order valence-corrected chi connectivity index (χ3v) is 4.90. The monoisotopic (exact) mass is 378 g/mol. The molecule has 4 N–H and O–H groups in total. The minimum Gasteiger partial charge on any atom is -0.390 e. The molecule has 0 aliphatic carbocycles. The average Bonchev–Trinajstić information content (AvgIpc) is 3.02. The van der Waals surface area contributed by atoms with Gasteiger partial charge in [0.1, 0.15) is 18.3 Å². The molecule has 2 saturated heterocycles. The number of ether oxygens (including phenoxy) is 2. The molecule has 0 bridgehead atoms. The third kappa shape index (κ3) is 6.49. The summed E-state index contributed by atoms with van der Waals surface area (Å²) in [4.78, 5) is 27.0. The zero-order valence-corrected chi connectivity index (χ0v) is 13.9. The Labute approximate surface area is 132 Å². The van der Waals surface area contributed by atoms with E-state index in [1.807, 2.05) is 0 Å². The second-order valence-electron chi connectivity index (χ2n) is 5.16. The molecule has 13 heteroatoms. The molecule has 0 aromatic heterocycles. The largest absolute Gasteiger partial charge is 0.472 e. The number of hydrogen-bond donors (Lipinski definition) is 4. The zero-order valence-electron chi connectivity index (χ0n) is 12.1. The van der Waals surface area contributed by atoms with E-state index in [1.165, 1.54) is 0 Å². The molecular weight excluding hydrogens is 358 g/mol. The van der Waals surface area contributed by atoms with Crippen LogP contribution in [0, 0.1) is 0 Å². The lowest BCUT2D eigenvalue weighted by Crippen LogP contribution is -2.29. The van der Waals surface area contributed by atoms with Crippen LogP contribution in [0.4, 0.5) is 0 Å². The summed E-state index contributed by atoms with van der Waals surface area (Å²) < 4.78 is 46.9.